The highest BCUT2D eigenvalue weighted by Gasteiger charge is 2.27. The van der Waals surface area contributed by atoms with Gasteiger partial charge in [0.25, 0.3) is 0 Å². The van der Waals surface area contributed by atoms with Crippen molar-refractivity contribution >= 4 is 5.91 Å². The number of rotatable bonds is 6. The van der Waals surface area contributed by atoms with Crippen molar-refractivity contribution < 1.29 is 9.90 Å². The van der Waals surface area contributed by atoms with Gasteiger partial charge >= 0.3 is 0 Å². The second kappa shape index (κ2) is 7.58. The summed E-state index contributed by atoms with van der Waals surface area (Å²) in [5.41, 5.74) is 1.19. The maximum Gasteiger partial charge on any atom is 0.240 e. The molecule has 23 heavy (non-hydrogen) atoms. The van der Waals surface area contributed by atoms with Crippen LogP contribution in [-0.4, -0.2) is 35.1 Å². The standard InChI is InChI=1S/C18H25N3O2/c1-18(2,13-19)17(23)20-10-14-6-3-4-7-15(14)11-21-9-5-8-16(21)12-22/h3-4,6-7,16,22H,5,8-12H2,1-2H3,(H,20,23)/t16-/m1/s1. The second-order valence-corrected chi connectivity index (χ2v) is 6.64. The number of nitrogens with one attached hydrogen (secondary N) is 1. The normalized spacial score (nSPS) is 18.6. The van der Waals surface area contributed by atoms with E-state index in [4.69, 9.17) is 5.26 Å². The molecule has 5 nitrogen and oxygen atoms in total. The molecular weight excluding hydrogens is 290 g/mol. The molecule has 1 aliphatic heterocycles. The number of likely N-dealkylation sites (tertiary alicyclic amines) is 1. The third-order valence-electron chi connectivity index (χ3n) is 4.49. The number of hydrogen-bond donors (Lipinski definition) is 2. The molecule has 0 spiro atoms. The average Bonchev–Trinajstić information content (AvgIpc) is 3.00. The lowest BCUT2D eigenvalue weighted by atomic mass is 9.94. The zero-order valence-corrected chi connectivity index (χ0v) is 13.9. The predicted octanol–water partition coefficient (Wildman–Crippen LogP) is 1.81. The van der Waals surface area contributed by atoms with Crippen LogP contribution in [0.15, 0.2) is 24.3 Å². The van der Waals surface area contributed by atoms with Crippen LogP contribution in [0.4, 0.5) is 0 Å². The van der Waals surface area contributed by atoms with Crippen LogP contribution in [-0.2, 0) is 17.9 Å². The van der Waals surface area contributed by atoms with Gasteiger partial charge < -0.3 is 10.4 Å². The van der Waals surface area contributed by atoms with Crippen molar-refractivity contribution in [3.05, 3.63) is 35.4 Å². The summed E-state index contributed by atoms with van der Waals surface area (Å²) in [6.07, 6.45) is 2.15. The molecule has 1 aromatic carbocycles. The van der Waals surface area contributed by atoms with Crippen molar-refractivity contribution in [2.45, 2.75) is 45.8 Å². The number of nitrogens with zero attached hydrogens (tertiary/aromatic N) is 2. The summed E-state index contributed by atoms with van der Waals surface area (Å²) in [4.78, 5) is 14.3. The van der Waals surface area contributed by atoms with Crippen LogP contribution in [0.25, 0.3) is 0 Å². The third-order valence-corrected chi connectivity index (χ3v) is 4.49. The average molecular weight is 315 g/mol. The van der Waals surface area contributed by atoms with Gasteiger partial charge in [-0.2, -0.15) is 5.26 Å². The van der Waals surface area contributed by atoms with E-state index >= 15 is 0 Å². The number of aliphatic hydroxyl groups is 1. The minimum Gasteiger partial charge on any atom is -0.395 e. The van der Waals surface area contributed by atoms with E-state index in [9.17, 15) is 9.90 Å². The summed E-state index contributed by atoms with van der Waals surface area (Å²) in [5.74, 6) is -0.260. The van der Waals surface area contributed by atoms with E-state index < -0.39 is 5.41 Å². The number of nitriles is 1. The van der Waals surface area contributed by atoms with Crippen LogP contribution in [0.5, 0.6) is 0 Å². The second-order valence-electron chi connectivity index (χ2n) is 6.64. The number of carbonyl (C=O) groups excluding carboxylic acids is 1. The molecular formula is C18H25N3O2. The van der Waals surface area contributed by atoms with E-state index in [1.807, 2.05) is 24.3 Å². The highest BCUT2D eigenvalue weighted by Crippen LogP contribution is 2.21. The van der Waals surface area contributed by atoms with Gasteiger partial charge in [-0.05, 0) is 44.4 Å². The van der Waals surface area contributed by atoms with Crippen molar-refractivity contribution in [1.82, 2.24) is 10.2 Å². The largest absolute Gasteiger partial charge is 0.395 e. The quantitative estimate of drug-likeness (QED) is 0.839. The van der Waals surface area contributed by atoms with E-state index in [0.717, 1.165) is 37.1 Å². The fraction of sp³-hybridized carbons (Fsp3) is 0.556. The summed E-state index contributed by atoms with van der Waals surface area (Å²) in [5, 5.41) is 21.3. The van der Waals surface area contributed by atoms with Gasteiger partial charge in [-0.3, -0.25) is 9.69 Å². The third kappa shape index (κ3) is 4.31. The fourth-order valence-corrected chi connectivity index (χ4v) is 2.86. The molecule has 5 heteroatoms. The lowest BCUT2D eigenvalue weighted by Crippen LogP contribution is -2.36. The summed E-state index contributed by atoms with van der Waals surface area (Å²) in [6.45, 7) is 5.61. The first-order chi connectivity index (χ1) is 11.0. The number of hydrogen-bond acceptors (Lipinski definition) is 4. The molecule has 0 unspecified atom stereocenters. The van der Waals surface area contributed by atoms with Gasteiger partial charge in [0.2, 0.25) is 5.91 Å². The maximum atomic E-state index is 12.0. The molecule has 1 heterocycles. The van der Waals surface area contributed by atoms with Crippen LogP contribution >= 0.6 is 0 Å². The highest BCUT2D eigenvalue weighted by molar-refractivity contribution is 5.84. The number of amides is 1. The first-order valence-corrected chi connectivity index (χ1v) is 8.09. The Labute approximate surface area is 137 Å². The Morgan fingerprint density at radius 2 is 2.13 bits per heavy atom. The Kier molecular flexibility index (Phi) is 5.75. The van der Waals surface area contributed by atoms with Crippen LogP contribution < -0.4 is 5.32 Å². The topological polar surface area (TPSA) is 76.4 Å². The molecule has 1 saturated heterocycles. The Morgan fingerprint density at radius 1 is 1.43 bits per heavy atom. The summed E-state index contributed by atoms with van der Waals surface area (Å²) in [6, 6.07) is 10.2. The van der Waals surface area contributed by atoms with Gasteiger partial charge in [-0.25, -0.2) is 0 Å². The van der Waals surface area contributed by atoms with Crippen LogP contribution in [0.2, 0.25) is 0 Å². The van der Waals surface area contributed by atoms with Gasteiger partial charge in [0.15, 0.2) is 0 Å². The Morgan fingerprint density at radius 3 is 2.78 bits per heavy atom. The SMILES string of the molecule is CC(C)(C#N)C(=O)NCc1ccccc1CN1CCC[C@@H]1CO. The lowest BCUT2D eigenvalue weighted by molar-refractivity contribution is -0.126. The molecule has 0 aliphatic carbocycles. The number of carbonyl (C=O) groups is 1. The van der Waals surface area contributed by atoms with E-state index in [-0.39, 0.29) is 18.6 Å². The molecule has 1 aromatic rings. The zero-order valence-electron chi connectivity index (χ0n) is 13.9. The number of benzene rings is 1. The molecule has 0 aromatic heterocycles. The molecule has 124 valence electrons. The zero-order chi connectivity index (χ0) is 16.9. The highest BCUT2D eigenvalue weighted by atomic mass is 16.3. The smallest absolute Gasteiger partial charge is 0.240 e. The molecule has 2 N–H and O–H groups in total. The summed E-state index contributed by atoms with van der Waals surface area (Å²) < 4.78 is 0. The molecule has 1 amide bonds. The summed E-state index contributed by atoms with van der Waals surface area (Å²) >= 11 is 0. The molecule has 2 rings (SSSR count). The monoisotopic (exact) mass is 315 g/mol. The van der Waals surface area contributed by atoms with Gasteiger partial charge in [0.1, 0.15) is 5.41 Å². The minimum absolute atomic E-state index is 0.190. The maximum absolute atomic E-state index is 12.0. The first-order valence-electron chi connectivity index (χ1n) is 8.09. The van der Waals surface area contributed by atoms with Crippen molar-refractivity contribution in [1.29, 1.82) is 5.26 Å². The van der Waals surface area contributed by atoms with Crippen molar-refractivity contribution in [3.63, 3.8) is 0 Å². The van der Waals surface area contributed by atoms with Crippen LogP contribution in [0.3, 0.4) is 0 Å². The lowest BCUT2D eigenvalue weighted by Gasteiger charge is -2.24. The van der Waals surface area contributed by atoms with Gasteiger partial charge in [-0.15, -0.1) is 0 Å². The van der Waals surface area contributed by atoms with E-state index in [1.54, 1.807) is 13.8 Å². The van der Waals surface area contributed by atoms with Gasteiger partial charge in [-0.1, -0.05) is 24.3 Å². The molecule has 1 fully saturated rings. The molecule has 0 bridgehead atoms. The van der Waals surface area contributed by atoms with Crippen molar-refractivity contribution in [2.24, 2.45) is 5.41 Å². The minimum atomic E-state index is -1.02. The Bertz CT molecular complexity index is 592. The molecule has 1 atom stereocenters. The van der Waals surface area contributed by atoms with Gasteiger partial charge in [0, 0.05) is 19.1 Å². The molecule has 1 aliphatic rings. The van der Waals surface area contributed by atoms with E-state index in [1.165, 1.54) is 0 Å². The van der Waals surface area contributed by atoms with Crippen LogP contribution in [0.1, 0.15) is 37.8 Å². The van der Waals surface area contributed by atoms with Crippen molar-refractivity contribution in [2.75, 3.05) is 13.2 Å². The first kappa shape index (κ1) is 17.5. The molecule has 0 radical (unpaired) electrons. The Balaban J connectivity index is 2.03. The number of aliphatic hydroxyl groups excluding tert-OH is 1. The van der Waals surface area contributed by atoms with Crippen LogP contribution in [0, 0.1) is 16.7 Å². The van der Waals surface area contributed by atoms with Gasteiger partial charge in [0.05, 0.1) is 12.7 Å². The summed E-state index contributed by atoms with van der Waals surface area (Å²) in [7, 11) is 0. The van der Waals surface area contributed by atoms with E-state index in [0.29, 0.717) is 6.54 Å². The van der Waals surface area contributed by atoms with E-state index in [2.05, 4.69) is 16.3 Å². The molecule has 0 saturated carbocycles. The Hall–Kier alpha value is -1.90. The fourth-order valence-electron chi connectivity index (χ4n) is 2.86. The predicted molar refractivity (Wildman–Crippen MR) is 88.2 cm³/mol. The van der Waals surface area contributed by atoms with Crippen molar-refractivity contribution in [3.8, 4) is 6.07 Å².